The first-order valence-electron chi connectivity index (χ1n) is 5.96. The quantitative estimate of drug-likeness (QED) is 0.874. The zero-order valence-corrected chi connectivity index (χ0v) is 10.9. The lowest BCUT2D eigenvalue weighted by atomic mass is 9.99. The molecule has 4 nitrogen and oxygen atoms in total. The van der Waals surface area contributed by atoms with E-state index in [9.17, 15) is 22.8 Å². The monoisotopic (exact) mass is 289 g/mol. The number of carboxylic acid groups (broad SMARTS) is 1. The van der Waals surface area contributed by atoms with E-state index in [0.717, 1.165) is 0 Å². The summed E-state index contributed by atoms with van der Waals surface area (Å²) in [5.41, 5.74) is -0.999. The van der Waals surface area contributed by atoms with Gasteiger partial charge in [-0.05, 0) is 5.92 Å². The van der Waals surface area contributed by atoms with Gasteiger partial charge in [0.1, 0.15) is 29.1 Å². The predicted octanol–water partition coefficient (Wildman–Crippen LogP) is 2.33. The zero-order chi connectivity index (χ0) is 15.4. The first kappa shape index (κ1) is 16.0. The Labute approximate surface area is 113 Å². The molecule has 0 saturated carbocycles. The van der Waals surface area contributed by atoms with E-state index >= 15 is 0 Å². The Balaban J connectivity index is 3.04. The average molecular weight is 289 g/mol. The first-order valence-corrected chi connectivity index (χ1v) is 5.96. The van der Waals surface area contributed by atoms with Crippen LogP contribution in [-0.2, 0) is 4.79 Å². The number of halogens is 3. The molecule has 7 heteroatoms. The third-order valence-corrected chi connectivity index (χ3v) is 3.00. The van der Waals surface area contributed by atoms with Crippen LogP contribution in [0.1, 0.15) is 30.6 Å². The van der Waals surface area contributed by atoms with Crippen LogP contribution in [0.3, 0.4) is 0 Å². The minimum atomic E-state index is -1.38. The van der Waals surface area contributed by atoms with Crippen LogP contribution in [0.25, 0.3) is 0 Å². The Morgan fingerprint density at radius 2 is 1.75 bits per heavy atom. The first-order chi connectivity index (χ1) is 9.27. The fraction of sp³-hybridized carbons (Fsp3) is 0.385. The molecule has 0 aliphatic heterocycles. The van der Waals surface area contributed by atoms with Gasteiger partial charge in [-0.25, -0.2) is 18.0 Å². The van der Waals surface area contributed by atoms with Crippen LogP contribution in [0.15, 0.2) is 12.1 Å². The van der Waals surface area contributed by atoms with Crippen molar-refractivity contribution in [3.05, 3.63) is 35.1 Å². The summed E-state index contributed by atoms with van der Waals surface area (Å²) >= 11 is 0. The summed E-state index contributed by atoms with van der Waals surface area (Å²) < 4.78 is 39.6. The highest BCUT2D eigenvalue weighted by atomic mass is 19.1. The molecule has 20 heavy (non-hydrogen) atoms. The summed E-state index contributed by atoms with van der Waals surface area (Å²) in [7, 11) is 0. The molecule has 0 radical (unpaired) electrons. The van der Waals surface area contributed by atoms with Crippen molar-refractivity contribution >= 4 is 11.9 Å². The van der Waals surface area contributed by atoms with Crippen LogP contribution in [0.5, 0.6) is 0 Å². The Bertz CT molecular complexity index is 511. The third-order valence-electron chi connectivity index (χ3n) is 3.00. The number of amides is 1. The minimum absolute atomic E-state index is 0.358. The van der Waals surface area contributed by atoms with Crippen molar-refractivity contribution in [3.63, 3.8) is 0 Å². The van der Waals surface area contributed by atoms with Gasteiger partial charge in [-0.1, -0.05) is 20.3 Å². The Morgan fingerprint density at radius 3 is 2.15 bits per heavy atom. The van der Waals surface area contributed by atoms with E-state index in [1.165, 1.54) is 0 Å². The molecule has 0 bridgehead atoms. The second kappa shape index (κ2) is 6.40. The SMILES string of the molecule is CCC(C)[C@H](NC(=O)c1c(F)cc(F)cc1F)C(=O)O. The van der Waals surface area contributed by atoms with E-state index in [0.29, 0.717) is 18.6 Å². The highest BCUT2D eigenvalue weighted by Gasteiger charge is 2.28. The lowest BCUT2D eigenvalue weighted by molar-refractivity contribution is -0.140. The fourth-order valence-electron chi connectivity index (χ4n) is 1.66. The van der Waals surface area contributed by atoms with Gasteiger partial charge < -0.3 is 10.4 Å². The number of carbonyl (C=O) groups excluding carboxylic acids is 1. The molecule has 1 amide bonds. The molecular formula is C13H14F3NO3. The van der Waals surface area contributed by atoms with Crippen molar-refractivity contribution in [3.8, 4) is 0 Å². The van der Waals surface area contributed by atoms with Crippen LogP contribution < -0.4 is 5.32 Å². The molecule has 1 aromatic rings. The molecule has 1 rings (SSSR count). The zero-order valence-electron chi connectivity index (χ0n) is 10.9. The van der Waals surface area contributed by atoms with Crippen molar-refractivity contribution in [2.45, 2.75) is 26.3 Å². The maximum Gasteiger partial charge on any atom is 0.326 e. The number of carboxylic acids is 1. The summed E-state index contributed by atoms with van der Waals surface area (Å²) in [6, 6.07) is -0.565. The number of nitrogens with one attached hydrogen (secondary N) is 1. The summed E-state index contributed by atoms with van der Waals surface area (Å²) in [6.45, 7) is 3.29. The lowest BCUT2D eigenvalue weighted by Crippen LogP contribution is -2.45. The van der Waals surface area contributed by atoms with Crippen LogP contribution in [-0.4, -0.2) is 23.0 Å². The van der Waals surface area contributed by atoms with Gasteiger partial charge in [0.2, 0.25) is 0 Å². The minimum Gasteiger partial charge on any atom is -0.480 e. The predicted molar refractivity (Wildman–Crippen MR) is 64.7 cm³/mol. The van der Waals surface area contributed by atoms with E-state index in [1.807, 2.05) is 5.32 Å². The Morgan fingerprint density at radius 1 is 1.25 bits per heavy atom. The molecule has 2 atom stereocenters. The smallest absolute Gasteiger partial charge is 0.326 e. The second-order valence-electron chi connectivity index (χ2n) is 4.42. The number of aliphatic carboxylic acids is 1. The molecule has 0 spiro atoms. The van der Waals surface area contributed by atoms with Crippen LogP contribution in [0, 0.1) is 23.4 Å². The average Bonchev–Trinajstić information content (AvgIpc) is 2.33. The number of hydrogen-bond acceptors (Lipinski definition) is 2. The molecule has 0 fully saturated rings. The van der Waals surface area contributed by atoms with Crippen molar-refractivity contribution in [2.75, 3.05) is 0 Å². The van der Waals surface area contributed by atoms with Crippen molar-refractivity contribution in [2.24, 2.45) is 5.92 Å². The summed E-state index contributed by atoms with van der Waals surface area (Å²) in [5, 5.41) is 11.0. The van der Waals surface area contributed by atoms with E-state index < -0.39 is 46.9 Å². The largest absolute Gasteiger partial charge is 0.480 e. The van der Waals surface area contributed by atoms with Crippen LogP contribution in [0.2, 0.25) is 0 Å². The maximum absolute atomic E-state index is 13.4. The van der Waals surface area contributed by atoms with Gasteiger partial charge >= 0.3 is 5.97 Å². The second-order valence-corrected chi connectivity index (χ2v) is 4.42. The van der Waals surface area contributed by atoms with Crippen LogP contribution in [0.4, 0.5) is 13.2 Å². The normalized spacial score (nSPS) is 13.7. The lowest BCUT2D eigenvalue weighted by Gasteiger charge is -2.20. The van der Waals surface area contributed by atoms with Gasteiger partial charge in [-0.2, -0.15) is 0 Å². The summed E-state index contributed by atoms with van der Waals surface area (Å²) in [5.74, 6) is -6.89. The molecule has 2 N–H and O–H groups in total. The molecule has 0 aliphatic carbocycles. The number of hydrogen-bond donors (Lipinski definition) is 2. The molecule has 0 heterocycles. The molecular weight excluding hydrogens is 275 g/mol. The van der Waals surface area contributed by atoms with Gasteiger partial charge in [0.15, 0.2) is 0 Å². The molecule has 0 aliphatic rings. The van der Waals surface area contributed by atoms with Gasteiger partial charge in [0, 0.05) is 12.1 Å². The number of carbonyl (C=O) groups is 2. The van der Waals surface area contributed by atoms with E-state index in [1.54, 1.807) is 13.8 Å². The van der Waals surface area contributed by atoms with Gasteiger partial charge in [-0.15, -0.1) is 0 Å². The van der Waals surface area contributed by atoms with Gasteiger partial charge in [0.25, 0.3) is 5.91 Å². The summed E-state index contributed by atoms with van der Waals surface area (Å²) in [4.78, 5) is 22.8. The highest BCUT2D eigenvalue weighted by Crippen LogP contribution is 2.16. The number of benzene rings is 1. The van der Waals surface area contributed by atoms with E-state index in [-0.39, 0.29) is 0 Å². The van der Waals surface area contributed by atoms with Crippen molar-refractivity contribution < 1.29 is 27.9 Å². The molecule has 110 valence electrons. The third kappa shape index (κ3) is 3.49. The molecule has 0 saturated heterocycles. The highest BCUT2D eigenvalue weighted by molar-refractivity contribution is 5.97. The van der Waals surface area contributed by atoms with Gasteiger partial charge in [-0.3, -0.25) is 4.79 Å². The topological polar surface area (TPSA) is 66.4 Å². The molecule has 1 aromatic carbocycles. The van der Waals surface area contributed by atoms with Crippen LogP contribution >= 0.6 is 0 Å². The van der Waals surface area contributed by atoms with E-state index in [2.05, 4.69) is 0 Å². The van der Waals surface area contributed by atoms with Crippen molar-refractivity contribution in [1.82, 2.24) is 5.32 Å². The number of rotatable bonds is 5. The Kier molecular flexibility index (Phi) is 5.12. The van der Waals surface area contributed by atoms with Crippen molar-refractivity contribution in [1.29, 1.82) is 0 Å². The van der Waals surface area contributed by atoms with E-state index in [4.69, 9.17) is 5.11 Å². The van der Waals surface area contributed by atoms with Gasteiger partial charge in [0.05, 0.1) is 0 Å². The standard InChI is InChI=1S/C13H14F3NO3/c1-3-6(2)11(13(19)20)17-12(18)10-8(15)4-7(14)5-9(10)16/h4-6,11H,3H2,1-2H3,(H,17,18)(H,19,20)/t6?,11-/m0/s1. The maximum atomic E-state index is 13.4. The molecule has 1 unspecified atom stereocenters. The Hall–Kier alpha value is -2.05. The molecule has 0 aromatic heterocycles. The fourth-order valence-corrected chi connectivity index (χ4v) is 1.66. The summed E-state index contributed by atoms with van der Waals surface area (Å²) in [6.07, 6.45) is 0.450.